The van der Waals surface area contributed by atoms with Crippen LogP contribution >= 0.6 is 11.8 Å². The molecule has 0 spiro atoms. The van der Waals surface area contributed by atoms with Crippen LogP contribution < -0.4 is 5.43 Å². The van der Waals surface area contributed by atoms with Gasteiger partial charge in [-0.2, -0.15) is 5.10 Å². The monoisotopic (exact) mass is 444 g/mol. The highest BCUT2D eigenvalue weighted by atomic mass is 32.2. The molecule has 0 unspecified atom stereocenters. The Kier molecular flexibility index (Phi) is 6.51. The van der Waals surface area contributed by atoms with Crippen LogP contribution in [0.15, 0.2) is 77.1 Å². The Hall–Kier alpha value is -3.65. The van der Waals surface area contributed by atoms with Crippen molar-refractivity contribution in [1.29, 1.82) is 0 Å². The maximum Gasteiger partial charge on any atom is 0.250 e. The van der Waals surface area contributed by atoms with E-state index >= 15 is 0 Å². The molecule has 0 saturated heterocycles. The van der Waals surface area contributed by atoms with Gasteiger partial charge in [0.1, 0.15) is 0 Å². The zero-order valence-electron chi connectivity index (χ0n) is 18.2. The van der Waals surface area contributed by atoms with E-state index in [1.54, 1.807) is 6.21 Å². The second kappa shape index (κ2) is 9.65. The summed E-state index contributed by atoms with van der Waals surface area (Å²) < 4.78 is 3.90. The van der Waals surface area contributed by atoms with Gasteiger partial charge in [-0.3, -0.25) is 9.36 Å². The molecule has 162 valence electrons. The lowest BCUT2D eigenvalue weighted by Gasteiger charge is -2.11. The minimum Gasteiger partial charge on any atom is -0.350 e. The maximum atomic E-state index is 12.3. The lowest BCUT2D eigenvalue weighted by Crippen LogP contribution is -2.20. The Morgan fingerprint density at radius 2 is 1.72 bits per heavy atom. The quantitative estimate of drug-likeness (QED) is 0.264. The largest absolute Gasteiger partial charge is 0.350 e. The maximum absolute atomic E-state index is 12.3. The Labute approximate surface area is 191 Å². The number of carbonyl (C=O) groups excluding carboxylic acids is 1. The van der Waals surface area contributed by atoms with Crippen LogP contribution in [0.3, 0.4) is 0 Å². The first-order valence-corrected chi connectivity index (χ1v) is 11.2. The van der Waals surface area contributed by atoms with Gasteiger partial charge in [-0.1, -0.05) is 59.3 Å². The molecule has 4 rings (SSSR count). The van der Waals surface area contributed by atoms with Gasteiger partial charge in [0.05, 0.1) is 17.7 Å². The Balaban J connectivity index is 1.53. The average molecular weight is 445 g/mol. The number of hydrazone groups is 1. The van der Waals surface area contributed by atoms with Crippen molar-refractivity contribution in [3.63, 3.8) is 0 Å². The van der Waals surface area contributed by atoms with Crippen LogP contribution in [0.2, 0.25) is 0 Å². The van der Waals surface area contributed by atoms with E-state index in [1.165, 1.54) is 22.9 Å². The number of hydrogen-bond acceptors (Lipinski definition) is 5. The van der Waals surface area contributed by atoms with E-state index in [0.29, 0.717) is 5.16 Å². The van der Waals surface area contributed by atoms with E-state index in [0.717, 1.165) is 22.8 Å². The molecule has 7 nitrogen and oxygen atoms in total. The SMILES string of the molecule is Cc1ccc(-c2nnc(SCC(=O)N/N=C/c3cccn3C)n2-c2ccc(C)cc2)cc1. The van der Waals surface area contributed by atoms with Crippen molar-refractivity contribution in [1.82, 2.24) is 24.8 Å². The molecule has 2 aromatic heterocycles. The number of nitrogens with one attached hydrogen (secondary N) is 1. The van der Waals surface area contributed by atoms with Crippen molar-refractivity contribution in [3.8, 4) is 17.1 Å². The predicted octanol–water partition coefficient (Wildman–Crippen LogP) is 4.13. The van der Waals surface area contributed by atoms with Gasteiger partial charge in [0.25, 0.3) is 5.91 Å². The third kappa shape index (κ3) is 4.97. The van der Waals surface area contributed by atoms with Gasteiger partial charge in [0.15, 0.2) is 11.0 Å². The molecule has 8 heteroatoms. The second-order valence-corrected chi connectivity index (χ2v) is 8.41. The zero-order chi connectivity index (χ0) is 22.5. The minimum atomic E-state index is -0.212. The van der Waals surface area contributed by atoms with Crippen molar-refractivity contribution in [2.24, 2.45) is 12.1 Å². The number of aryl methyl sites for hydroxylation is 3. The highest BCUT2D eigenvalue weighted by Gasteiger charge is 2.17. The minimum absolute atomic E-state index is 0.169. The second-order valence-electron chi connectivity index (χ2n) is 7.47. The number of carbonyl (C=O) groups is 1. The van der Waals surface area contributed by atoms with Crippen LogP contribution in [0.1, 0.15) is 16.8 Å². The molecule has 0 radical (unpaired) electrons. The van der Waals surface area contributed by atoms with Crippen molar-refractivity contribution in [2.45, 2.75) is 19.0 Å². The lowest BCUT2D eigenvalue weighted by atomic mass is 10.1. The topological polar surface area (TPSA) is 77.1 Å². The summed E-state index contributed by atoms with van der Waals surface area (Å²) in [5.41, 5.74) is 7.73. The molecule has 0 atom stereocenters. The van der Waals surface area contributed by atoms with Gasteiger partial charge in [0.2, 0.25) is 0 Å². The fraction of sp³-hybridized carbons (Fsp3) is 0.167. The number of rotatable bonds is 7. The standard InChI is InChI=1S/C24H24N6OS/c1-17-6-10-19(11-7-17)23-27-28-24(30(23)20-12-8-18(2)9-13-20)32-16-22(31)26-25-15-21-5-4-14-29(21)3/h4-15H,16H2,1-3H3,(H,26,31)/b25-15+. The number of nitrogens with zero attached hydrogens (tertiary/aromatic N) is 5. The smallest absolute Gasteiger partial charge is 0.250 e. The van der Waals surface area contributed by atoms with Gasteiger partial charge in [-0.25, -0.2) is 5.43 Å². The first-order chi connectivity index (χ1) is 15.5. The summed E-state index contributed by atoms with van der Waals surface area (Å²) in [5.74, 6) is 0.692. The molecule has 0 saturated carbocycles. The average Bonchev–Trinajstić information content (AvgIpc) is 3.40. The third-order valence-electron chi connectivity index (χ3n) is 4.94. The number of amides is 1. The Bertz CT molecular complexity index is 1240. The molecule has 2 aromatic carbocycles. The summed E-state index contributed by atoms with van der Waals surface area (Å²) in [4.78, 5) is 12.3. The van der Waals surface area contributed by atoms with Crippen molar-refractivity contribution >= 4 is 23.9 Å². The molecular formula is C24H24N6OS. The molecule has 0 aliphatic rings. The number of thioether (sulfide) groups is 1. The van der Waals surface area contributed by atoms with E-state index in [9.17, 15) is 4.79 Å². The molecule has 1 N–H and O–H groups in total. The van der Waals surface area contributed by atoms with Gasteiger partial charge in [-0.05, 0) is 38.1 Å². The van der Waals surface area contributed by atoms with Gasteiger partial charge >= 0.3 is 0 Å². The van der Waals surface area contributed by atoms with E-state index in [-0.39, 0.29) is 11.7 Å². The Morgan fingerprint density at radius 1 is 1.03 bits per heavy atom. The number of hydrogen-bond donors (Lipinski definition) is 1. The van der Waals surface area contributed by atoms with Crippen LogP contribution in [0.4, 0.5) is 0 Å². The highest BCUT2D eigenvalue weighted by Crippen LogP contribution is 2.28. The summed E-state index contributed by atoms with van der Waals surface area (Å²) >= 11 is 1.32. The van der Waals surface area contributed by atoms with Crippen LogP contribution in [-0.2, 0) is 11.8 Å². The molecule has 0 fully saturated rings. The van der Waals surface area contributed by atoms with Crippen molar-refractivity contribution in [2.75, 3.05) is 5.75 Å². The zero-order valence-corrected chi connectivity index (χ0v) is 19.0. The Morgan fingerprint density at radius 3 is 2.38 bits per heavy atom. The van der Waals surface area contributed by atoms with E-state index in [1.807, 2.05) is 77.8 Å². The summed E-state index contributed by atoms with van der Waals surface area (Å²) in [6, 6.07) is 20.2. The summed E-state index contributed by atoms with van der Waals surface area (Å²) in [6.07, 6.45) is 3.54. The summed E-state index contributed by atoms with van der Waals surface area (Å²) in [7, 11) is 1.92. The molecular weight excluding hydrogens is 420 g/mol. The lowest BCUT2D eigenvalue weighted by molar-refractivity contribution is -0.118. The molecule has 4 aromatic rings. The van der Waals surface area contributed by atoms with Crippen molar-refractivity contribution < 1.29 is 4.79 Å². The molecule has 1 amide bonds. The van der Waals surface area contributed by atoms with Crippen molar-refractivity contribution in [3.05, 3.63) is 83.7 Å². The fourth-order valence-corrected chi connectivity index (χ4v) is 3.87. The molecule has 0 bridgehead atoms. The van der Waals surface area contributed by atoms with Crippen LogP contribution in [0, 0.1) is 13.8 Å². The molecule has 2 heterocycles. The van der Waals surface area contributed by atoms with Crippen LogP contribution in [-0.4, -0.2) is 37.2 Å². The first-order valence-electron chi connectivity index (χ1n) is 10.2. The van der Waals surface area contributed by atoms with E-state index < -0.39 is 0 Å². The fourth-order valence-electron chi connectivity index (χ4n) is 3.12. The van der Waals surface area contributed by atoms with E-state index in [4.69, 9.17) is 0 Å². The number of benzene rings is 2. The normalized spacial score (nSPS) is 11.2. The highest BCUT2D eigenvalue weighted by molar-refractivity contribution is 7.99. The van der Waals surface area contributed by atoms with Gasteiger partial charge < -0.3 is 4.57 Å². The molecule has 32 heavy (non-hydrogen) atoms. The van der Waals surface area contributed by atoms with Gasteiger partial charge in [0, 0.05) is 24.5 Å². The summed E-state index contributed by atoms with van der Waals surface area (Å²) in [5, 5.41) is 13.5. The predicted molar refractivity (Wildman–Crippen MR) is 128 cm³/mol. The first kappa shape index (κ1) is 21.6. The molecule has 0 aliphatic heterocycles. The third-order valence-corrected chi connectivity index (χ3v) is 5.87. The summed E-state index contributed by atoms with van der Waals surface area (Å²) in [6.45, 7) is 4.10. The van der Waals surface area contributed by atoms with Crippen LogP contribution in [0.25, 0.3) is 17.1 Å². The van der Waals surface area contributed by atoms with E-state index in [2.05, 4.69) is 39.8 Å². The molecule has 0 aliphatic carbocycles. The van der Waals surface area contributed by atoms with Gasteiger partial charge in [-0.15, -0.1) is 10.2 Å². The van der Waals surface area contributed by atoms with Crippen LogP contribution in [0.5, 0.6) is 0 Å². The number of aromatic nitrogens is 4.